The van der Waals surface area contributed by atoms with Crippen molar-refractivity contribution in [2.45, 2.75) is 58.3 Å². The minimum atomic E-state index is -0.0144. The van der Waals surface area contributed by atoms with E-state index in [9.17, 15) is 0 Å². The Morgan fingerprint density at radius 1 is 1.43 bits per heavy atom. The summed E-state index contributed by atoms with van der Waals surface area (Å²) in [6, 6.07) is 5.80. The van der Waals surface area contributed by atoms with E-state index in [2.05, 4.69) is 26.1 Å². The van der Waals surface area contributed by atoms with Crippen molar-refractivity contribution in [3.8, 4) is 5.75 Å². The molecule has 4 heteroatoms. The fourth-order valence-electron chi connectivity index (χ4n) is 2.60. The molecule has 1 saturated heterocycles. The lowest BCUT2D eigenvalue weighted by Gasteiger charge is -2.20. The Labute approximate surface area is 133 Å². The van der Waals surface area contributed by atoms with Gasteiger partial charge in [-0.15, -0.1) is 0 Å². The summed E-state index contributed by atoms with van der Waals surface area (Å²) in [6.45, 7) is 8.80. The molecule has 1 N–H and O–H groups in total. The van der Waals surface area contributed by atoms with E-state index < -0.39 is 0 Å². The summed E-state index contributed by atoms with van der Waals surface area (Å²) in [5.41, 5.74) is 1.09. The summed E-state index contributed by atoms with van der Waals surface area (Å²) in [5, 5.41) is 4.13. The number of hydrogen-bond donors (Lipinski definition) is 1. The Morgan fingerprint density at radius 2 is 2.24 bits per heavy atom. The maximum atomic E-state index is 6.09. The number of halogens is 1. The lowest BCUT2D eigenvalue weighted by Crippen LogP contribution is -2.24. The van der Waals surface area contributed by atoms with Crippen LogP contribution in [0.5, 0.6) is 5.75 Å². The van der Waals surface area contributed by atoms with Gasteiger partial charge in [0, 0.05) is 17.1 Å². The second-order valence-corrected chi connectivity index (χ2v) is 6.71. The molecular formula is C17H26ClNO2. The van der Waals surface area contributed by atoms with Crippen LogP contribution in [0.25, 0.3) is 0 Å². The van der Waals surface area contributed by atoms with Gasteiger partial charge in [0.05, 0.1) is 11.7 Å². The van der Waals surface area contributed by atoms with Gasteiger partial charge < -0.3 is 14.8 Å². The van der Waals surface area contributed by atoms with E-state index in [0.29, 0.717) is 6.61 Å². The third-order valence-electron chi connectivity index (χ3n) is 3.74. The SMILES string of the molecule is CCCNCc1cc(Cl)ccc1OCC1CCC(C)(C)O1. The second-order valence-electron chi connectivity index (χ2n) is 6.28. The molecule has 0 radical (unpaired) electrons. The molecule has 1 aliphatic heterocycles. The summed E-state index contributed by atoms with van der Waals surface area (Å²) in [6.07, 6.45) is 3.45. The van der Waals surface area contributed by atoms with Crippen molar-refractivity contribution in [3.63, 3.8) is 0 Å². The number of hydrogen-bond acceptors (Lipinski definition) is 3. The minimum Gasteiger partial charge on any atom is -0.491 e. The quantitative estimate of drug-likeness (QED) is 0.766. The van der Waals surface area contributed by atoms with E-state index in [1.54, 1.807) is 0 Å². The number of ether oxygens (including phenoxy) is 2. The number of rotatable bonds is 7. The molecular weight excluding hydrogens is 286 g/mol. The zero-order chi connectivity index (χ0) is 15.3. The van der Waals surface area contributed by atoms with Gasteiger partial charge in [0.2, 0.25) is 0 Å². The van der Waals surface area contributed by atoms with E-state index in [0.717, 1.165) is 48.7 Å². The fraction of sp³-hybridized carbons (Fsp3) is 0.647. The molecule has 2 rings (SSSR count). The molecule has 21 heavy (non-hydrogen) atoms. The standard InChI is InChI=1S/C17H26ClNO2/c1-4-9-19-11-13-10-14(18)5-6-16(13)20-12-15-7-8-17(2,3)21-15/h5-6,10,15,19H,4,7-9,11-12H2,1-3H3. The van der Waals surface area contributed by atoms with Crippen LogP contribution < -0.4 is 10.1 Å². The van der Waals surface area contributed by atoms with Gasteiger partial charge in [-0.25, -0.2) is 0 Å². The highest BCUT2D eigenvalue weighted by atomic mass is 35.5. The molecule has 0 saturated carbocycles. The Balaban J connectivity index is 1.92. The summed E-state index contributed by atoms with van der Waals surface area (Å²) in [4.78, 5) is 0. The molecule has 0 aromatic heterocycles. The number of nitrogens with one attached hydrogen (secondary N) is 1. The highest BCUT2D eigenvalue weighted by Crippen LogP contribution is 2.30. The first-order chi connectivity index (χ1) is 10.00. The van der Waals surface area contributed by atoms with Crippen molar-refractivity contribution in [1.29, 1.82) is 0 Å². The normalized spacial score (nSPS) is 20.7. The maximum absolute atomic E-state index is 6.09. The molecule has 1 aliphatic rings. The van der Waals surface area contributed by atoms with Crippen LogP contribution in [0.15, 0.2) is 18.2 Å². The average Bonchev–Trinajstić information content (AvgIpc) is 2.78. The molecule has 1 unspecified atom stereocenters. The van der Waals surface area contributed by atoms with Crippen LogP contribution >= 0.6 is 11.6 Å². The lowest BCUT2D eigenvalue weighted by molar-refractivity contribution is -0.0327. The van der Waals surface area contributed by atoms with E-state index in [1.165, 1.54) is 0 Å². The van der Waals surface area contributed by atoms with Gasteiger partial charge in [0.25, 0.3) is 0 Å². The van der Waals surface area contributed by atoms with Crippen LogP contribution in [0.4, 0.5) is 0 Å². The van der Waals surface area contributed by atoms with Crippen molar-refractivity contribution in [1.82, 2.24) is 5.32 Å². The summed E-state index contributed by atoms with van der Waals surface area (Å²) >= 11 is 6.09. The van der Waals surface area contributed by atoms with Crippen molar-refractivity contribution >= 4 is 11.6 Å². The van der Waals surface area contributed by atoms with Gasteiger partial charge in [-0.3, -0.25) is 0 Å². The van der Waals surface area contributed by atoms with Crippen LogP contribution in [0.3, 0.4) is 0 Å². The first kappa shape index (κ1) is 16.6. The van der Waals surface area contributed by atoms with Crippen LogP contribution in [0.1, 0.15) is 45.6 Å². The second kappa shape index (κ2) is 7.48. The van der Waals surface area contributed by atoms with Crippen LogP contribution in [-0.2, 0) is 11.3 Å². The van der Waals surface area contributed by atoms with Crippen molar-refractivity contribution < 1.29 is 9.47 Å². The summed E-state index contributed by atoms with van der Waals surface area (Å²) < 4.78 is 11.9. The van der Waals surface area contributed by atoms with Gasteiger partial charge in [0.15, 0.2) is 0 Å². The van der Waals surface area contributed by atoms with Gasteiger partial charge in [0.1, 0.15) is 12.4 Å². The molecule has 0 amide bonds. The topological polar surface area (TPSA) is 30.5 Å². The zero-order valence-corrected chi connectivity index (χ0v) is 14.0. The van der Waals surface area contributed by atoms with Gasteiger partial charge >= 0.3 is 0 Å². The molecule has 1 aromatic rings. The van der Waals surface area contributed by atoms with Crippen LogP contribution in [0, 0.1) is 0 Å². The van der Waals surface area contributed by atoms with Crippen LogP contribution in [-0.4, -0.2) is 24.9 Å². The molecule has 0 aliphatic carbocycles. The Bertz CT molecular complexity index is 462. The molecule has 1 atom stereocenters. The monoisotopic (exact) mass is 311 g/mol. The molecule has 1 heterocycles. The highest BCUT2D eigenvalue weighted by Gasteiger charge is 2.31. The number of benzene rings is 1. The molecule has 3 nitrogen and oxygen atoms in total. The average molecular weight is 312 g/mol. The van der Waals surface area contributed by atoms with Crippen molar-refractivity contribution in [2.75, 3.05) is 13.2 Å². The molecule has 1 fully saturated rings. The summed E-state index contributed by atoms with van der Waals surface area (Å²) in [5.74, 6) is 0.899. The molecule has 1 aromatic carbocycles. The minimum absolute atomic E-state index is 0.0144. The first-order valence-electron chi connectivity index (χ1n) is 7.80. The Kier molecular flexibility index (Phi) is 5.91. The van der Waals surface area contributed by atoms with Gasteiger partial charge in [-0.2, -0.15) is 0 Å². The smallest absolute Gasteiger partial charge is 0.124 e. The first-order valence-corrected chi connectivity index (χ1v) is 8.18. The molecule has 0 spiro atoms. The Morgan fingerprint density at radius 3 is 2.90 bits per heavy atom. The molecule has 118 valence electrons. The third-order valence-corrected chi connectivity index (χ3v) is 3.98. The van der Waals surface area contributed by atoms with E-state index >= 15 is 0 Å². The van der Waals surface area contributed by atoms with Gasteiger partial charge in [-0.05, 0) is 57.9 Å². The largest absolute Gasteiger partial charge is 0.491 e. The lowest BCUT2D eigenvalue weighted by atomic mass is 10.1. The van der Waals surface area contributed by atoms with Crippen molar-refractivity contribution in [2.24, 2.45) is 0 Å². The molecule has 0 bridgehead atoms. The van der Waals surface area contributed by atoms with Crippen molar-refractivity contribution in [3.05, 3.63) is 28.8 Å². The maximum Gasteiger partial charge on any atom is 0.124 e. The summed E-state index contributed by atoms with van der Waals surface area (Å²) in [7, 11) is 0. The third kappa shape index (κ3) is 5.17. The van der Waals surface area contributed by atoms with Crippen LogP contribution in [0.2, 0.25) is 5.02 Å². The highest BCUT2D eigenvalue weighted by molar-refractivity contribution is 6.30. The Hall–Kier alpha value is -0.770. The predicted molar refractivity (Wildman–Crippen MR) is 87.1 cm³/mol. The van der Waals surface area contributed by atoms with E-state index in [1.807, 2.05) is 18.2 Å². The van der Waals surface area contributed by atoms with Gasteiger partial charge in [-0.1, -0.05) is 18.5 Å². The predicted octanol–water partition coefficient (Wildman–Crippen LogP) is 4.18. The van der Waals surface area contributed by atoms with E-state index in [-0.39, 0.29) is 11.7 Å². The zero-order valence-electron chi connectivity index (χ0n) is 13.2. The van der Waals surface area contributed by atoms with E-state index in [4.69, 9.17) is 21.1 Å². The fourth-order valence-corrected chi connectivity index (χ4v) is 2.80.